The second-order valence-electron chi connectivity index (χ2n) is 6.22. The van der Waals surface area contributed by atoms with Gasteiger partial charge in [0.25, 0.3) is 0 Å². The van der Waals surface area contributed by atoms with Gasteiger partial charge in [0.1, 0.15) is 0 Å². The van der Waals surface area contributed by atoms with Gasteiger partial charge >= 0.3 is 0 Å². The third kappa shape index (κ3) is 8.27. The molecule has 0 aliphatic carbocycles. The maximum absolute atomic E-state index is 5.61. The summed E-state index contributed by atoms with van der Waals surface area (Å²) in [6.07, 6.45) is 3.68. The number of likely N-dealkylation sites (tertiary alicyclic amines) is 1. The van der Waals surface area contributed by atoms with Crippen molar-refractivity contribution in [3.05, 3.63) is 0 Å². The van der Waals surface area contributed by atoms with Crippen molar-refractivity contribution >= 4 is 5.96 Å². The third-order valence-corrected chi connectivity index (χ3v) is 3.85. The molecule has 0 aromatic heterocycles. The highest BCUT2D eigenvalue weighted by molar-refractivity contribution is 5.79. The molecule has 1 atom stereocenters. The number of nitrogens with zero attached hydrogens (tertiary/aromatic N) is 2. The fraction of sp³-hybridized carbons (Fsp3) is 0.938. The van der Waals surface area contributed by atoms with Gasteiger partial charge in [-0.3, -0.25) is 4.99 Å². The Balaban J connectivity index is 2.19. The van der Waals surface area contributed by atoms with Crippen LogP contribution in [0.5, 0.6) is 0 Å². The van der Waals surface area contributed by atoms with Crippen LogP contribution in [0.1, 0.15) is 40.0 Å². The first kappa shape index (κ1) is 18.2. The van der Waals surface area contributed by atoms with Gasteiger partial charge in [0.2, 0.25) is 0 Å². The zero-order valence-electron chi connectivity index (χ0n) is 14.3. The summed E-state index contributed by atoms with van der Waals surface area (Å²) >= 11 is 0. The van der Waals surface area contributed by atoms with E-state index in [1.807, 2.05) is 0 Å². The normalized spacial score (nSPS) is 20.2. The highest BCUT2D eigenvalue weighted by Crippen LogP contribution is 2.14. The summed E-state index contributed by atoms with van der Waals surface area (Å²) in [4.78, 5) is 7.09. The third-order valence-electron chi connectivity index (χ3n) is 3.85. The summed E-state index contributed by atoms with van der Waals surface area (Å²) in [6.45, 7) is 11.9. The zero-order valence-corrected chi connectivity index (χ0v) is 14.3. The fourth-order valence-electron chi connectivity index (χ4n) is 2.41. The van der Waals surface area contributed by atoms with E-state index in [0.717, 1.165) is 45.2 Å². The SMILES string of the molecule is CCNC(=NCC1CCCN1C)NCCOCCC(C)C. The molecular formula is C16H34N4O. The number of ether oxygens (including phenoxy) is 1. The Morgan fingerprint density at radius 2 is 2.14 bits per heavy atom. The molecular weight excluding hydrogens is 264 g/mol. The largest absolute Gasteiger partial charge is 0.380 e. The van der Waals surface area contributed by atoms with Gasteiger partial charge < -0.3 is 20.3 Å². The van der Waals surface area contributed by atoms with Crippen LogP contribution < -0.4 is 10.6 Å². The van der Waals surface area contributed by atoms with Crippen LogP contribution in [0.25, 0.3) is 0 Å². The Kier molecular flexibility index (Phi) is 9.42. The van der Waals surface area contributed by atoms with E-state index in [4.69, 9.17) is 4.74 Å². The van der Waals surface area contributed by atoms with Crippen LogP contribution in [0.15, 0.2) is 4.99 Å². The fourth-order valence-corrected chi connectivity index (χ4v) is 2.41. The monoisotopic (exact) mass is 298 g/mol. The number of rotatable bonds is 9. The Morgan fingerprint density at radius 1 is 1.33 bits per heavy atom. The van der Waals surface area contributed by atoms with Gasteiger partial charge in [0, 0.05) is 25.7 Å². The summed E-state index contributed by atoms with van der Waals surface area (Å²) in [5.74, 6) is 1.62. The van der Waals surface area contributed by atoms with E-state index in [0.29, 0.717) is 12.0 Å². The molecule has 0 spiro atoms. The van der Waals surface area contributed by atoms with Gasteiger partial charge in [-0.2, -0.15) is 0 Å². The molecule has 0 bridgehead atoms. The number of nitrogens with one attached hydrogen (secondary N) is 2. The van der Waals surface area contributed by atoms with E-state index in [2.05, 4.69) is 48.3 Å². The minimum atomic E-state index is 0.600. The molecule has 21 heavy (non-hydrogen) atoms. The Hall–Kier alpha value is -0.810. The first-order chi connectivity index (χ1) is 10.1. The Labute approximate surface area is 130 Å². The molecule has 1 aliphatic heterocycles. The summed E-state index contributed by atoms with van der Waals surface area (Å²) in [7, 11) is 2.19. The van der Waals surface area contributed by atoms with Gasteiger partial charge in [0.15, 0.2) is 5.96 Å². The molecule has 1 fully saturated rings. The number of guanidine groups is 1. The highest BCUT2D eigenvalue weighted by atomic mass is 16.5. The average Bonchev–Trinajstić information content (AvgIpc) is 2.85. The van der Waals surface area contributed by atoms with Crippen LogP contribution in [0.3, 0.4) is 0 Å². The molecule has 124 valence electrons. The highest BCUT2D eigenvalue weighted by Gasteiger charge is 2.20. The molecule has 0 saturated carbocycles. The predicted molar refractivity (Wildman–Crippen MR) is 89.9 cm³/mol. The minimum absolute atomic E-state index is 0.600. The summed E-state index contributed by atoms with van der Waals surface area (Å²) < 4.78 is 5.61. The molecule has 0 amide bonds. The number of aliphatic imine (C=N–C) groups is 1. The minimum Gasteiger partial charge on any atom is -0.380 e. The van der Waals surface area contributed by atoms with Crippen molar-refractivity contribution in [3.63, 3.8) is 0 Å². The van der Waals surface area contributed by atoms with Gasteiger partial charge in [0.05, 0.1) is 13.2 Å². The van der Waals surface area contributed by atoms with E-state index < -0.39 is 0 Å². The first-order valence-electron chi connectivity index (χ1n) is 8.43. The number of hydrogen-bond donors (Lipinski definition) is 2. The molecule has 5 heteroatoms. The van der Waals surface area contributed by atoms with Gasteiger partial charge in [-0.1, -0.05) is 13.8 Å². The van der Waals surface area contributed by atoms with Crippen LogP contribution in [0, 0.1) is 5.92 Å². The van der Waals surface area contributed by atoms with E-state index in [1.165, 1.54) is 19.4 Å². The van der Waals surface area contributed by atoms with Crippen LogP contribution in [-0.2, 0) is 4.74 Å². The van der Waals surface area contributed by atoms with E-state index >= 15 is 0 Å². The van der Waals surface area contributed by atoms with Crippen molar-refractivity contribution in [3.8, 4) is 0 Å². The van der Waals surface area contributed by atoms with E-state index in [1.54, 1.807) is 0 Å². The lowest BCUT2D eigenvalue weighted by molar-refractivity contribution is 0.128. The van der Waals surface area contributed by atoms with Crippen molar-refractivity contribution in [2.45, 2.75) is 46.1 Å². The summed E-state index contributed by atoms with van der Waals surface area (Å²) in [6, 6.07) is 0.600. The van der Waals surface area contributed by atoms with Crippen molar-refractivity contribution in [1.82, 2.24) is 15.5 Å². The van der Waals surface area contributed by atoms with E-state index in [9.17, 15) is 0 Å². The van der Waals surface area contributed by atoms with Crippen molar-refractivity contribution in [2.75, 3.05) is 46.4 Å². The summed E-state index contributed by atoms with van der Waals surface area (Å²) in [5, 5.41) is 6.64. The molecule has 5 nitrogen and oxygen atoms in total. The van der Waals surface area contributed by atoms with Crippen LogP contribution in [0.2, 0.25) is 0 Å². The molecule has 1 heterocycles. The van der Waals surface area contributed by atoms with Crippen molar-refractivity contribution < 1.29 is 4.74 Å². The Bertz CT molecular complexity index is 294. The molecule has 0 aromatic rings. The average molecular weight is 298 g/mol. The number of hydrogen-bond acceptors (Lipinski definition) is 3. The number of likely N-dealkylation sites (N-methyl/N-ethyl adjacent to an activating group) is 1. The smallest absolute Gasteiger partial charge is 0.191 e. The molecule has 1 saturated heterocycles. The molecule has 1 aliphatic rings. The van der Waals surface area contributed by atoms with Crippen LogP contribution in [-0.4, -0.2) is 63.3 Å². The maximum Gasteiger partial charge on any atom is 0.191 e. The quantitative estimate of drug-likeness (QED) is 0.386. The first-order valence-corrected chi connectivity index (χ1v) is 8.43. The summed E-state index contributed by atoms with van der Waals surface area (Å²) in [5.41, 5.74) is 0. The van der Waals surface area contributed by atoms with Gasteiger partial charge in [-0.15, -0.1) is 0 Å². The second-order valence-corrected chi connectivity index (χ2v) is 6.22. The molecule has 0 radical (unpaired) electrons. The lowest BCUT2D eigenvalue weighted by Gasteiger charge is -2.18. The van der Waals surface area contributed by atoms with Crippen LogP contribution in [0.4, 0.5) is 0 Å². The second kappa shape index (κ2) is 10.9. The molecule has 0 aromatic carbocycles. The topological polar surface area (TPSA) is 48.9 Å². The molecule has 2 N–H and O–H groups in total. The van der Waals surface area contributed by atoms with Crippen molar-refractivity contribution in [1.29, 1.82) is 0 Å². The van der Waals surface area contributed by atoms with Crippen LogP contribution >= 0.6 is 0 Å². The lowest BCUT2D eigenvalue weighted by atomic mass is 10.1. The molecule has 1 rings (SSSR count). The molecule has 1 unspecified atom stereocenters. The maximum atomic E-state index is 5.61. The van der Waals surface area contributed by atoms with Gasteiger partial charge in [-0.25, -0.2) is 0 Å². The lowest BCUT2D eigenvalue weighted by Crippen LogP contribution is -2.40. The predicted octanol–water partition coefficient (Wildman–Crippen LogP) is 1.70. The standard InChI is InChI=1S/C16H34N4O/c1-5-17-16(18-9-12-21-11-8-14(2)3)19-13-15-7-6-10-20(15)4/h14-15H,5-13H2,1-4H3,(H2,17,18,19). The van der Waals surface area contributed by atoms with E-state index in [-0.39, 0.29) is 0 Å². The van der Waals surface area contributed by atoms with Gasteiger partial charge in [-0.05, 0) is 45.7 Å². The zero-order chi connectivity index (χ0) is 15.5. The Morgan fingerprint density at radius 3 is 2.76 bits per heavy atom. The van der Waals surface area contributed by atoms with Crippen molar-refractivity contribution in [2.24, 2.45) is 10.9 Å².